The van der Waals surface area contributed by atoms with E-state index in [0.29, 0.717) is 12.2 Å². The largest absolute Gasteiger partial charge is 0.481 e. The minimum Gasteiger partial charge on any atom is -0.481 e. The van der Waals surface area contributed by atoms with Crippen LogP contribution in [0.3, 0.4) is 0 Å². The molecular formula is C13H21N3O3. The molecule has 19 heavy (non-hydrogen) atoms. The van der Waals surface area contributed by atoms with Gasteiger partial charge in [0.2, 0.25) is 0 Å². The van der Waals surface area contributed by atoms with Crippen LogP contribution in [0.4, 0.5) is 0 Å². The smallest absolute Gasteiger partial charge is 0.308 e. The van der Waals surface area contributed by atoms with E-state index in [1.807, 2.05) is 13.8 Å². The Bertz CT molecular complexity index is 468. The van der Waals surface area contributed by atoms with Crippen LogP contribution in [-0.2, 0) is 18.3 Å². The van der Waals surface area contributed by atoms with Crippen molar-refractivity contribution in [2.24, 2.45) is 13.0 Å². The molecule has 0 fully saturated rings. The van der Waals surface area contributed by atoms with Crippen molar-refractivity contribution in [3.63, 3.8) is 0 Å². The summed E-state index contributed by atoms with van der Waals surface area (Å²) in [6.07, 6.45) is 0.763. The quantitative estimate of drug-likeness (QED) is 0.839. The van der Waals surface area contributed by atoms with E-state index in [1.54, 1.807) is 24.7 Å². The van der Waals surface area contributed by atoms with Crippen molar-refractivity contribution in [2.45, 2.75) is 27.2 Å². The number of carboxylic acid groups (broad SMARTS) is 1. The highest BCUT2D eigenvalue weighted by Crippen LogP contribution is 2.10. The van der Waals surface area contributed by atoms with Crippen LogP contribution in [0.2, 0.25) is 0 Å². The minimum atomic E-state index is -0.898. The first-order valence-electron chi connectivity index (χ1n) is 6.45. The zero-order valence-electron chi connectivity index (χ0n) is 11.9. The third-order valence-electron chi connectivity index (χ3n) is 3.10. The molecule has 106 valence electrons. The van der Waals surface area contributed by atoms with Crippen molar-refractivity contribution in [2.75, 3.05) is 13.1 Å². The van der Waals surface area contributed by atoms with Crippen LogP contribution in [0, 0.1) is 5.92 Å². The fourth-order valence-corrected chi connectivity index (χ4v) is 1.83. The maximum Gasteiger partial charge on any atom is 0.308 e. The van der Waals surface area contributed by atoms with Crippen molar-refractivity contribution in [3.05, 3.63) is 17.5 Å². The Kier molecular flexibility index (Phi) is 5.09. The maximum absolute atomic E-state index is 12.4. The molecule has 0 saturated heterocycles. The van der Waals surface area contributed by atoms with E-state index < -0.39 is 11.9 Å². The molecule has 1 unspecified atom stereocenters. The van der Waals surface area contributed by atoms with Gasteiger partial charge < -0.3 is 10.0 Å². The fourth-order valence-electron chi connectivity index (χ4n) is 1.83. The summed E-state index contributed by atoms with van der Waals surface area (Å²) in [4.78, 5) is 24.8. The van der Waals surface area contributed by atoms with Gasteiger partial charge in [-0.05, 0) is 19.4 Å². The van der Waals surface area contributed by atoms with Crippen LogP contribution in [0.15, 0.2) is 6.07 Å². The summed E-state index contributed by atoms with van der Waals surface area (Å²) in [6.45, 7) is 6.09. The van der Waals surface area contributed by atoms with Crippen LogP contribution in [0.1, 0.15) is 37.0 Å². The van der Waals surface area contributed by atoms with Crippen molar-refractivity contribution in [1.29, 1.82) is 0 Å². The highest BCUT2D eigenvalue weighted by atomic mass is 16.4. The van der Waals surface area contributed by atoms with Crippen molar-refractivity contribution >= 4 is 11.9 Å². The second kappa shape index (κ2) is 6.36. The third-order valence-corrected chi connectivity index (χ3v) is 3.10. The monoisotopic (exact) mass is 267 g/mol. The standard InChI is InChI=1S/C13H21N3O3/c1-5-10-7-11(15(4)14-10)12(17)16(6-2)8-9(3)13(18)19/h7,9H,5-6,8H2,1-4H3,(H,18,19). The lowest BCUT2D eigenvalue weighted by atomic mass is 10.1. The summed E-state index contributed by atoms with van der Waals surface area (Å²) in [6, 6.07) is 1.76. The first-order chi connectivity index (χ1) is 8.90. The number of nitrogens with zero attached hydrogens (tertiary/aromatic N) is 3. The van der Waals surface area contributed by atoms with Gasteiger partial charge in [-0.15, -0.1) is 0 Å². The number of hydrogen-bond acceptors (Lipinski definition) is 3. The van der Waals surface area contributed by atoms with Gasteiger partial charge >= 0.3 is 5.97 Å². The van der Waals surface area contributed by atoms with Crippen LogP contribution >= 0.6 is 0 Å². The van der Waals surface area contributed by atoms with Crippen molar-refractivity contribution < 1.29 is 14.7 Å². The number of aryl methyl sites for hydroxylation is 2. The van der Waals surface area contributed by atoms with Crippen LogP contribution in [0.5, 0.6) is 0 Å². The predicted octanol–water partition coefficient (Wildman–Crippen LogP) is 1.17. The lowest BCUT2D eigenvalue weighted by Gasteiger charge is -2.22. The number of carboxylic acids is 1. The number of aliphatic carboxylic acids is 1. The van der Waals surface area contributed by atoms with E-state index in [4.69, 9.17) is 5.11 Å². The van der Waals surface area contributed by atoms with E-state index in [0.717, 1.165) is 12.1 Å². The van der Waals surface area contributed by atoms with E-state index in [-0.39, 0.29) is 12.5 Å². The second-order valence-electron chi connectivity index (χ2n) is 4.58. The Balaban J connectivity index is 2.88. The Morgan fingerprint density at radius 3 is 2.53 bits per heavy atom. The predicted molar refractivity (Wildman–Crippen MR) is 71.0 cm³/mol. The van der Waals surface area contributed by atoms with Gasteiger partial charge in [-0.1, -0.05) is 13.8 Å². The second-order valence-corrected chi connectivity index (χ2v) is 4.58. The summed E-state index contributed by atoms with van der Waals surface area (Å²) < 4.78 is 1.55. The first kappa shape index (κ1) is 15.2. The zero-order valence-corrected chi connectivity index (χ0v) is 11.9. The lowest BCUT2D eigenvalue weighted by Crippen LogP contribution is -2.37. The molecule has 1 N–H and O–H groups in total. The molecule has 0 aromatic carbocycles. The van der Waals surface area contributed by atoms with E-state index in [9.17, 15) is 9.59 Å². The van der Waals surface area contributed by atoms with Gasteiger partial charge in [-0.25, -0.2) is 0 Å². The number of hydrogen-bond donors (Lipinski definition) is 1. The average Bonchev–Trinajstić information content (AvgIpc) is 2.75. The molecule has 1 rings (SSSR count). The van der Waals surface area contributed by atoms with Gasteiger partial charge in [-0.2, -0.15) is 5.10 Å². The normalized spacial score (nSPS) is 12.2. The third kappa shape index (κ3) is 3.56. The molecule has 0 aliphatic rings. The first-order valence-corrected chi connectivity index (χ1v) is 6.45. The maximum atomic E-state index is 12.4. The van der Waals surface area contributed by atoms with Gasteiger partial charge in [0, 0.05) is 20.1 Å². The molecule has 1 aromatic heterocycles. The van der Waals surface area contributed by atoms with E-state index in [1.165, 1.54) is 4.90 Å². The van der Waals surface area contributed by atoms with Crippen molar-refractivity contribution in [3.8, 4) is 0 Å². The Labute approximate surface area is 113 Å². The van der Waals surface area contributed by atoms with Gasteiger partial charge in [0.15, 0.2) is 0 Å². The average molecular weight is 267 g/mol. The Morgan fingerprint density at radius 2 is 2.11 bits per heavy atom. The molecule has 1 amide bonds. The molecular weight excluding hydrogens is 246 g/mol. The van der Waals surface area contributed by atoms with Gasteiger partial charge in [0.1, 0.15) is 5.69 Å². The zero-order chi connectivity index (χ0) is 14.6. The summed E-state index contributed by atoms with van der Waals surface area (Å²) in [5.74, 6) is -1.65. The number of carbonyl (C=O) groups is 2. The molecule has 1 atom stereocenters. The minimum absolute atomic E-state index is 0.176. The van der Waals surface area contributed by atoms with E-state index >= 15 is 0 Å². The molecule has 6 nitrogen and oxygen atoms in total. The highest BCUT2D eigenvalue weighted by Gasteiger charge is 2.22. The van der Waals surface area contributed by atoms with Gasteiger partial charge in [-0.3, -0.25) is 14.3 Å². The summed E-state index contributed by atoms with van der Waals surface area (Å²) in [5.41, 5.74) is 1.35. The molecule has 1 aromatic rings. The SMILES string of the molecule is CCc1cc(C(=O)N(CC)CC(C)C(=O)O)n(C)n1. The van der Waals surface area contributed by atoms with Gasteiger partial charge in [0.25, 0.3) is 5.91 Å². The summed E-state index contributed by atoms with van der Waals surface area (Å²) >= 11 is 0. The molecule has 1 heterocycles. The van der Waals surface area contributed by atoms with E-state index in [2.05, 4.69) is 5.10 Å². The molecule has 0 bridgehead atoms. The number of rotatable bonds is 6. The molecule has 0 radical (unpaired) electrons. The number of amides is 1. The Hall–Kier alpha value is -1.85. The fraction of sp³-hybridized carbons (Fsp3) is 0.615. The molecule has 0 aliphatic carbocycles. The van der Waals surface area contributed by atoms with Crippen LogP contribution in [-0.4, -0.2) is 44.8 Å². The summed E-state index contributed by atoms with van der Waals surface area (Å²) in [5, 5.41) is 13.2. The Morgan fingerprint density at radius 1 is 1.47 bits per heavy atom. The van der Waals surface area contributed by atoms with Crippen LogP contribution < -0.4 is 0 Å². The van der Waals surface area contributed by atoms with Crippen molar-refractivity contribution in [1.82, 2.24) is 14.7 Å². The topological polar surface area (TPSA) is 75.4 Å². The molecule has 0 spiro atoms. The van der Waals surface area contributed by atoms with Gasteiger partial charge in [0.05, 0.1) is 11.6 Å². The van der Waals surface area contributed by atoms with Crippen LogP contribution in [0.25, 0.3) is 0 Å². The molecule has 0 aliphatic heterocycles. The number of aromatic nitrogens is 2. The number of carbonyl (C=O) groups excluding carboxylic acids is 1. The molecule has 0 saturated carbocycles. The lowest BCUT2D eigenvalue weighted by molar-refractivity contribution is -0.141. The summed E-state index contributed by atoms with van der Waals surface area (Å²) in [7, 11) is 1.72. The highest BCUT2D eigenvalue weighted by molar-refractivity contribution is 5.93. The molecule has 6 heteroatoms.